The Morgan fingerprint density at radius 3 is 2.47 bits per heavy atom. The van der Waals surface area contributed by atoms with Crippen LogP contribution in [0.25, 0.3) is 0 Å². The lowest BCUT2D eigenvalue weighted by Gasteiger charge is -2.28. The molecule has 0 aromatic heterocycles. The normalized spacial score (nSPS) is 15.4. The minimum Gasteiger partial charge on any atom is -0.369 e. The van der Waals surface area contributed by atoms with Crippen molar-refractivity contribution in [1.29, 1.82) is 5.26 Å². The predicted molar refractivity (Wildman–Crippen MR) is 70.9 cm³/mol. The van der Waals surface area contributed by atoms with Crippen LogP contribution >= 0.6 is 0 Å². The van der Waals surface area contributed by atoms with Crippen LogP contribution in [0.5, 0.6) is 0 Å². The Bertz CT molecular complexity index is 358. The van der Waals surface area contributed by atoms with Crippen molar-refractivity contribution in [1.82, 2.24) is 9.80 Å². The SMILES string of the molecule is CN(CCC#N)C(=O)CN(CC(N)=O)C1CCCC1. The van der Waals surface area contributed by atoms with Crippen LogP contribution < -0.4 is 5.73 Å². The van der Waals surface area contributed by atoms with Gasteiger partial charge < -0.3 is 10.6 Å². The molecule has 106 valence electrons. The molecule has 1 fully saturated rings. The van der Waals surface area contributed by atoms with Gasteiger partial charge in [-0.1, -0.05) is 12.8 Å². The average Bonchev–Trinajstić information content (AvgIpc) is 2.88. The molecule has 6 heteroatoms. The van der Waals surface area contributed by atoms with Crippen LogP contribution in [-0.2, 0) is 9.59 Å². The van der Waals surface area contributed by atoms with E-state index in [2.05, 4.69) is 0 Å². The summed E-state index contributed by atoms with van der Waals surface area (Å²) in [4.78, 5) is 26.5. The van der Waals surface area contributed by atoms with Crippen LogP contribution in [-0.4, -0.2) is 54.3 Å². The van der Waals surface area contributed by atoms with E-state index in [4.69, 9.17) is 11.0 Å². The first-order valence-electron chi connectivity index (χ1n) is 6.68. The zero-order valence-electron chi connectivity index (χ0n) is 11.5. The lowest BCUT2D eigenvalue weighted by atomic mass is 10.2. The quantitative estimate of drug-likeness (QED) is 0.707. The van der Waals surface area contributed by atoms with Crippen molar-refractivity contribution in [2.75, 3.05) is 26.7 Å². The second-order valence-corrected chi connectivity index (χ2v) is 5.03. The van der Waals surface area contributed by atoms with Crippen LogP contribution in [0, 0.1) is 11.3 Å². The van der Waals surface area contributed by atoms with E-state index in [-0.39, 0.29) is 25.0 Å². The topological polar surface area (TPSA) is 90.4 Å². The van der Waals surface area contributed by atoms with Crippen molar-refractivity contribution >= 4 is 11.8 Å². The van der Waals surface area contributed by atoms with E-state index in [1.54, 1.807) is 7.05 Å². The molecule has 1 aliphatic carbocycles. The molecule has 0 heterocycles. The Labute approximate surface area is 114 Å². The number of hydrogen-bond acceptors (Lipinski definition) is 4. The molecule has 0 aromatic rings. The molecule has 0 aromatic carbocycles. The number of rotatable bonds is 7. The molecule has 0 bridgehead atoms. The minimum atomic E-state index is -0.403. The van der Waals surface area contributed by atoms with E-state index in [1.807, 2.05) is 11.0 Å². The van der Waals surface area contributed by atoms with Gasteiger partial charge >= 0.3 is 0 Å². The lowest BCUT2D eigenvalue weighted by molar-refractivity contribution is -0.132. The van der Waals surface area contributed by atoms with Gasteiger partial charge in [0.1, 0.15) is 0 Å². The highest BCUT2D eigenvalue weighted by molar-refractivity contribution is 5.80. The fourth-order valence-corrected chi connectivity index (χ4v) is 2.42. The van der Waals surface area contributed by atoms with E-state index in [1.165, 1.54) is 4.90 Å². The number of carbonyl (C=O) groups is 2. The summed E-state index contributed by atoms with van der Waals surface area (Å²) in [5.74, 6) is -0.470. The van der Waals surface area contributed by atoms with Crippen LogP contribution in [0.3, 0.4) is 0 Å². The summed E-state index contributed by atoms with van der Waals surface area (Å²) in [5.41, 5.74) is 5.24. The van der Waals surface area contributed by atoms with E-state index in [0.717, 1.165) is 25.7 Å². The number of carbonyl (C=O) groups excluding carboxylic acids is 2. The first-order chi connectivity index (χ1) is 9.04. The number of nitriles is 1. The third kappa shape index (κ3) is 5.26. The Kier molecular flexibility index (Phi) is 6.30. The van der Waals surface area contributed by atoms with Crippen LogP contribution in [0.1, 0.15) is 32.1 Å². The zero-order chi connectivity index (χ0) is 14.3. The highest BCUT2D eigenvalue weighted by Crippen LogP contribution is 2.23. The molecule has 19 heavy (non-hydrogen) atoms. The van der Waals surface area contributed by atoms with Crippen molar-refractivity contribution in [3.63, 3.8) is 0 Å². The highest BCUT2D eigenvalue weighted by atomic mass is 16.2. The van der Waals surface area contributed by atoms with Gasteiger partial charge in [0.25, 0.3) is 0 Å². The lowest BCUT2D eigenvalue weighted by Crippen LogP contribution is -2.46. The molecule has 6 nitrogen and oxygen atoms in total. The number of nitrogens with zero attached hydrogens (tertiary/aromatic N) is 3. The maximum Gasteiger partial charge on any atom is 0.236 e. The summed E-state index contributed by atoms with van der Waals surface area (Å²) >= 11 is 0. The van der Waals surface area contributed by atoms with Gasteiger partial charge in [-0.15, -0.1) is 0 Å². The second kappa shape index (κ2) is 7.74. The van der Waals surface area contributed by atoms with Crippen molar-refractivity contribution in [3.8, 4) is 6.07 Å². The van der Waals surface area contributed by atoms with Crippen LogP contribution in [0.2, 0.25) is 0 Å². The van der Waals surface area contributed by atoms with Crippen LogP contribution in [0.15, 0.2) is 0 Å². The van der Waals surface area contributed by atoms with Gasteiger partial charge in [0.2, 0.25) is 11.8 Å². The van der Waals surface area contributed by atoms with E-state index in [9.17, 15) is 9.59 Å². The molecule has 2 amide bonds. The molecule has 1 saturated carbocycles. The third-order valence-electron chi connectivity index (χ3n) is 3.52. The molecule has 0 spiro atoms. The van der Waals surface area contributed by atoms with Crippen molar-refractivity contribution in [3.05, 3.63) is 0 Å². The number of amides is 2. The zero-order valence-corrected chi connectivity index (χ0v) is 11.5. The molecular formula is C13H22N4O2. The number of primary amides is 1. The molecular weight excluding hydrogens is 244 g/mol. The van der Waals surface area contributed by atoms with Crippen LogP contribution in [0.4, 0.5) is 0 Å². The number of likely N-dealkylation sites (N-methyl/N-ethyl adjacent to an activating group) is 1. The van der Waals surface area contributed by atoms with E-state index >= 15 is 0 Å². The van der Waals surface area contributed by atoms with Gasteiger partial charge in [-0.05, 0) is 12.8 Å². The standard InChI is InChI=1S/C13H22N4O2/c1-16(8-4-7-14)13(19)10-17(9-12(15)18)11-5-2-3-6-11/h11H,2-6,8-10H2,1H3,(H2,15,18). The molecule has 1 rings (SSSR count). The first kappa shape index (κ1) is 15.4. The van der Waals surface area contributed by atoms with Gasteiger partial charge in [0, 0.05) is 19.6 Å². The molecule has 0 saturated heterocycles. The van der Waals surface area contributed by atoms with Gasteiger partial charge in [0.15, 0.2) is 0 Å². The largest absolute Gasteiger partial charge is 0.369 e. The van der Waals surface area contributed by atoms with Gasteiger partial charge in [-0.25, -0.2) is 0 Å². The fraction of sp³-hybridized carbons (Fsp3) is 0.769. The Hall–Kier alpha value is -1.61. The molecule has 0 aliphatic heterocycles. The first-order valence-corrected chi connectivity index (χ1v) is 6.68. The van der Waals surface area contributed by atoms with Crippen molar-refractivity contribution < 1.29 is 9.59 Å². The van der Waals surface area contributed by atoms with Gasteiger partial charge in [-0.2, -0.15) is 5.26 Å². The maximum absolute atomic E-state index is 12.0. The summed E-state index contributed by atoms with van der Waals surface area (Å²) in [6.45, 7) is 0.752. The Morgan fingerprint density at radius 2 is 1.95 bits per heavy atom. The molecule has 0 unspecified atom stereocenters. The van der Waals surface area contributed by atoms with E-state index < -0.39 is 5.91 Å². The minimum absolute atomic E-state index is 0.0663. The molecule has 1 aliphatic rings. The Balaban J connectivity index is 2.53. The summed E-state index contributed by atoms with van der Waals surface area (Å²) in [7, 11) is 1.68. The predicted octanol–water partition coefficient (Wildman–Crippen LogP) is 0.0884. The molecule has 0 radical (unpaired) electrons. The monoisotopic (exact) mass is 266 g/mol. The Morgan fingerprint density at radius 1 is 1.32 bits per heavy atom. The third-order valence-corrected chi connectivity index (χ3v) is 3.52. The second-order valence-electron chi connectivity index (χ2n) is 5.03. The van der Waals surface area contributed by atoms with Gasteiger partial charge in [-0.3, -0.25) is 14.5 Å². The summed E-state index contributed by atoms with van der Waals surface area (Å²) < 4.78 is 0. The average molecular weight is 266 g/mol. The summed E-state index contributed by atoms with van der Waals surface area (Å²) in [5, 5.41) is 8.51. The smallest absolute Gasteiger partial charge is 0.236 e. The van der Waals surface area contributed by atoms with E-state index in [0.29, 0.717) is 13.0 Å². The van der Waals surface area contributed by atoms with Crippen molar-refractivity contribution in [2.45, 2.75) is 38.1 Å². The highest BCUT2D eigenvalue weighted by Gasteiger charge is 2.26. The maximum atomic E-state index is 12.0. The van der Waals surface area contributed by atoms with Crippen molar-refractivity contribution in [2.24, 2.45) is 5.73 Å². The summed E-state index contributed by atoms with van der Waals surface area (Å²) in [6.07, 6.45) is 4.63. The fourth-order valence-electron chi connectivity index (χ4n) is 2.42. The molecule has 2 N–H and O–H groups in total. The molecule has 0 atom stereocenters. The number of nitrogens with two attached hydrogens (primary N) is 1. The van der Waals surface area contributed by atoms with Gasteiger partial charge in [0.05, 0.1) is 25.6 Å². The number of hydrogen-bond donors (Lipinski definition) is 1. The summed E-state index contributed by atoms with van der Waals surface area (Å²) in [6, 6.07) is 2.29.